The van der Waals surface area contributed by atoms with E-state index in [0.29, 0.717) is 37.9 Å². The van der Waals surface area contributed by atoms with Crippen LogP contribution in [0.4, 0.5) is 17.6 Å². The summed E-state index contributed by atoms with van der Waals surface area (Å²) in [5.41, 5.74) is 2.12. The summed E-state index contributed by atoms with van der Waals surface area (Å²) in [5.74, 6) is -1.86. The van der Waals surface area contributed by atoms with Crippen LogP contribution in [0, 0.1) is 17.2 Å². The third-order valence-electron chi connectivity index (χ3n) is 8.20. The van der Waals surface area contributed by atoms with Crippen molar-refractivity contribution in [1.82, 2.24) is 20.1 Å². The first-order chi connectivity index (χ1) is 22.0. The number of likely N-dealkylation sites (tertiary alicyclic amines) is 2. The Morgan fingerprint density at radius 3 is 2.20 bits per heavy atom. The molecule has 2 aromatic carbocycles. The van der Waals surface area contributed by atoms with Crippen LogP contribution in [0.15, 0.2) is 66.9 Å². The van der Waals surface area contributed by atoms with Crippen LogP contribution < -0.4 is 10.1 Å². The number of carbonyl (C=O) groups excluding carboxylic acids is 3. The monoisotopic (exact) mass is 637 g/mol. The molecule has 5 rings (SSSR count). The van der Waals surface area contributed by atoms with E-state index in [4.69, 9.17) is 5.26 Å². The van der Waals surface area contributed by atoms with E-state index in [0.717, 1.165) is 17.7 Å². The van der Waals surface area contributed by atoms with Crippen LogP contribution in [-0.2, 0) is 6.54 Å². The minimum atomic E-state index is -4.82. The van der Waals surface area contributed by atoms with Crippen LogP contribution in [0.2, 0.25) is 0 Å². The molecule has 46 heavy (non-hydrogen) atoms. The fraction of sp³-hybridized carbons (Fsp3) is 0.364. The maximum atomic E-state index is 15.0. The Labute approximate surface area is 262 Å². The maximum Gasteiger partial charge on any atom is 0.573 e. The molecule has 2 aliphatic heterocycles. The highest BCUT2D eigenvalue weighted by atomic mass is 19.4. The Kier molecular flexibility index (Phi) is 9.96. The summed E-state index contributed by atoms with van der Waals surface area (Å²) in [4.78, 5) is 46.4. The third kappa shape index (κ3) is 8.25. The van der Waals surface area contributed by atoms with Crippen molar-refractivity contribution in [2.45, 2.75) is 44.4 Å². The van der Waals surface area contributed by atoms with Crippen molar-refractivity contribution in [2.75, 3.05) is 26.2 Å². The standard InChI is InChI=1S/C33H31F4N5O4/c34-27-20-41(19-22-3-1-21(17-38)2-4-22)14-13-28(27)40-31(44)25-7-10-29(39-18-25)32(45)42-15-11-24(12-16-42)30(43)23-5-8-26(9-6-23)46-33(35,36)37/h1-10,18,24,27-28H,11-16,19-20H2,(H,40,44)/t27-,28-/m1/s1. The number of rotatable bonds is 8. The van der Waals surface area contributed by atoms with Crippen LogP contribution in [0.25, 0.3) is 0 Å². The Bertz CT molecular complexity index is 1580. The number of pyridine rings is 1. The molecule has 3 heterocycles. The van der Waals surface area contributed by atoms with E-state index in [1.165, 1.54) is 30.5 Å². The van der Waals surface area contributed by atoms with E-state index < -0.39 is 30.2 Å². The molecule has 0 aliphatic carbocycles. The fourth-order valence-corrected chi connectivity index (χ4v) is 5.69. The predicted octanol–water partition coefficient (Wildman–Crippen LogP) is 4.93. The molecule has 0 bridgehead atoms. The molecule has 13 heteroatoms. The van der Waals surface area contributed by atoms with Gasteiger partial charge in [0.1, 0.15) is 17.6 Å². The zero-order valence-corrected chi connectivity index (χ0v) is 24.7. The van der Waals surface area contributed by atoms with E-state index in [9.17, 15) is 31.9 Å². The van der Waals surface area contributed by atoms with Gasteiger partial charge in [-0.05, 0) is 73.4 Å². The number of alkyl halides is 4. The Hall–Kier alpha value is -4.83. The number of Topliss-reactive ketones (excluding diaryl/α,β-unsaturated/α-hetero) is 1. The molecule has 240 valence electrons. The SMILES string of the molecule is N#Cc1ccc(CN2CC[C@@H](NC(=O)c3ccc(C(=O)N4CCC(C(=O)c5ccc(OC(F)(F)F)cc5)CC4)nc3)[C@H](F)C2)cc1. The van der Waals surface area contributed by atoms with E-state index >= 15 is 0 Å². The smallest absolute Gasteiger partial charge is 0.406 e. The first kappa shape index (κ1) is 32.6. The lowest BCUT2D eigenvalue weighted by Gasteiger charge is -2.35. The maximum absolute atomic E-state index is 15.0. The van der Waals surface area contributed by atoms with Gasteiger partial charge in [-0.15, -0.1) is 13.2 Å². The van der Waals surface area contributed by atoms with Crippen molar-refractivity contribution >= 4 is 17.6 Å². The number of piperidine rings is 2. The summed E-state index contributed by atoms with van der Waals surface area (Å²) < 4.78 is 56.0. The van der Waals surface area contributed by atoms with Crippen LogP contribution >= 0.6 is 0 Å². The average Bonchev–Trinajstić information content (AvgIpc) is 3.05. The molecular formula is C33H31F4N5O4. The highest BCUT2D eigenvalue weighted by molar-refractivity contribution is 5.99. The quantitative estimate of drug-likeness (QED) is 0.275. The highest BCUT2D eigenvalue weighted by Crippen LogP contribution is 2.26. The summed E-state index contributed by atoms with van der Waals surface area (Å²) in [6.45, 7) is 1.86. The molecule has 0 spiro atoms. The number of hydrogen-bond acceptors (Lipinski definition) is 7. The van der Waals surface area contributed by atoms with Gasteiger partial charge in [0.15, 0.2) is 5.78 Å². The van der Waals surface area contributed by atoms with Crippen molar-refractivity contribution in [3.63, 3.8) is 0 Å². The van der Waals surface area contributed by atoms with Gasteiger partial charge in [-0.1, -0.05) is 12.1 Å². The Morgan fingerprint density at radius 1 is 0.935 bits per heavy atom. The topological polar surface area (TPSA) is 116 Å². The summed E-state index contributed by atoms with van der Waals surface area (Å²) in [7, 11) is 0. The molecule has 3 aromatic rings. The van der Waals surface area contributed by atoms with Crippen molar-refractivity contribution < 1.29 is 36.7 Å². The normalized spacial score (nSPS) is 19.2. The van der Waals surface area contributed by atoms with Crippen molar-refractivity contribution in [2.24, 2.45) is 5.92 Å². The molecule has 9 nitrogen and oxygen atoms in total. The zero-order chi connectivity index (χ0) is 32.8. The molecule has 2 atom stereocenters. The predicted molar refractivity (Wildman–Crippen MR) is 158 cm³/mol. The largest absolute Gasteiger partial charge is 0.573 e. The van der Waals surface area contributed by atoms with Gasteiger partial charge in [0.25, 0.3) is 11.8 Å². The van der Waals surface area contributed by atoms with Gasteiger partial charge in [0.05, 0.1) is 23.2 Å². The van der Waals surface area contributed by atoms with Gasteiger partial charge in [-0.2, -0.15) is 5.26 Å². The second-order valence-corrected chi connectivity index (χ2v) is 11.4. The lowest BCUT2D eigenvalue weighted by molar-refractivity contribution is -0.274. The van der Waals surface area contributed by atoms with Crippen LogP contribution in [-0.4, -0.2) is 77.1 Å². The summed E-state index contributed by atoms with van der Waals surface area (Å²) in [6.07, 6.45) is -3.64. The van der Waals surface area contributed by atoms with Gasteiger partial charge >= 0.3 is 6.36 Å². The molecule has 0 unspecified atom stereocenters. The summed E-state index contributed by atoms with van der Waals surface area (Å²) in [6, 6.07) is 16.2. The van der Waals surface area contributed by atoms with Gasteiger partial charge in [-0.3, -0.25) is 24.3 Å². The molecule has 1 N–H and O–H groups in total. The van der Waals surface area contributed by atoms with Gasteiger partial charge < -0.3 is 15.0 Å². The van der Waals surface area contributed by atoms with Crippen LogP contribution in [0.1, 0.15) is 61.6 Å². The van der Waals surface area contributed by atoms with Crippen molar-refractivity contribution in [1.29, 1.82) is 5.26 Å². The first-order valence-corrected chi connectivity index (χ1v) is 14.8. The molecule has 2 saturated heterocycles. The molecule has 2 amide bonds. The number of hydrogen-bond donors (Lipinski definition) is 1. The summed E-state index contributed by atoms with van der Waals surface area (Å²) >= 11 is 0. The van der Waals surface area contributed by atoms with Gasteiger partial charge in [0.2, 0.25) is 0 Å². The molecule has 1 aromatic heterocycles. The fourth-order valence-electron chi connectivity index (χ4n) is 5.69. The van der Waals surface area contributed by atoms with E-state index in [-0.39, 0.29) is 54.1 Å². The molecule has 2 aliphatic rings. The summed E-state index contributed by atoms with van der Waals surface area (Å²) in [5, 5.41) is 11.7. The molecule has 0 saturated carbocycles. The Morgan fingerprint density at radius 2 is 1.61 bits per heavy atom. The minimum absolute atomic E-state index is 0.126. The second kappa shape index (κ2) is 14.1. The van der Waals surface area contributed by atoms with Crippen molar-refractivity contribution in [3.8, 4) is 11.8 Å². The highest BCUT2D eigenvalue weighted by Gasteiger charge is 2.33. The lowest BCUT2D eigenvalue weighted by atomic mass is 9.88. The number of carbonyl (C=O) groups is 3. The number of ether oxygens (including phenoxy) is 1. The molecule has 0 radical (unpaired) electrons. The van der Waals surface area contributed by atoms with Gasteiger partial charge in [0, 0.05) is 50.4 Å². The number of nitrogens with zero attached hydrogens (tertiary/aromatic N) is 4. The molecule has 2 fully saturated rings. The average molecular weight is 638 g/mol. The number of halogens is 4. The number of nitriles is 1. The number of aromatic nitrogens is 1. The number of nitrogens with one attached hydrogen (secondary N) is 1. The van der Waals surface area contributed by atoms with E-state index in [2.05, 4.69) is 21.1 Å². The van der Waals surface area contributed by atoms with Crippen LogP contribution in [0.3, 0.4) is 0 Å². The Balaban J connectivity index is 1.08. The minimum Gasteiger partial charge on any atom is -0.406 e. The lowest BCUT2D eigenvalue weighted by Crippen LogP contribution is -2.52. The van der Waals surface area contributed by atoms with Gasteiger partial charge in [-0.25, -0.2) is 4.39 Å². The van der Waals surface area contributed by atoms with Crippen molar-refractivity contribution in [3.05, 3.63) is 94.8 Å². The number of benzene rings is 2. The molecular weight excluding hydrogens is 606 g/mol. The third-order valence-corrected chi connectivity index (χ3v) is 8.20. The zero-order valence-electron chi connectivity index (χ0n) is 24.7. The number of ketones is 1. The van der Waals surface area contributed by atoms with Crippen LogP contribution in [0.5, 0.6) is 5.75 Å². The first-order valence-electron chi connectivity index (χ1n) is 14.8. The second-order valence-electron chi connectivity index (χ2n) is 11.4. The van der Waals surface area contributed by atoms with E-state index in [1.54, 1.807) is 17.0 Å². The van der Waals surface area contributed by atoms with E-state index in [1.807, 2.05) is 17.0 Å². The number of amides is 2.